The second kappa shape index (κ2) is 5.40. The van der Waals surface area contributed by atoms with Gasteiger partial charge in [0, 0.05) is 6.42 Å². The molecule has 2 heteroatoms. The summed E-state index contributed by atoms with van der Waals surface area (Å²) < 4.78 is 0. The van der Waals surface area contributed by atoms with Crippen LogP contribution in [0.5, 0.6) is 0 Å². The van der Waals surface area contributed by atoms with Crippen molar-refractivity contribution in [1.82, 2.24) is 0 Å². The molecule has 0 saturated heterocycles. The summed E-state index contributed by atoms with van der Waals surface area (Å²) >= 11 is 0. The average molecular weight is 169 g/mol. The zero-order valence-electron chi connectivity index (χ0n) is 7.91. The van der Waals surface area contributed by atoms with E-state index in [1.165, 1.54) is 0 Å². The molecule has 0 atom stereocenters. The highest BCUT2D eigenvalue weighted by atomic mass is 28.3. The maximum Gasteiger partial charge on any atom is 0.129 e. The lowest BCUT2D eigenvalue weighted by molar-refractivity contribution is 0.768. The molecule has 1 nitrogen and oxygen atoms in total. The topological polar surface area (TPSA) is 26.0 Å². The minimum absolute atomic E-state index is 0.800. The lowest BCUT2D eigenvalue weighted by Gasteiger charge is -2.02. The van der Waals surface area contributed by atoms with Crippen molar-refractivity contribution in [3.05, 3.63) is 0 Å². The third kappa shape index (κ3) is 9.74. The number of rotatable bonds is 3. The molecule has 0 unspecified atom stereocenters. The van der Waals surface area contributed by atoms with Crippen LogP contribution in [0.15, 0.2) is 0 Å². The van der Waals surface area contributed by atoms with Gasteiger partial charge in [-0.3, -0.25) is 0 Å². The Morgan fingerprint density at radius 1 is 1.18 bits per heavy atom. The number of hydrogen-bond donors (Lipinski definition) is 1. The van der Waals surface area contributed by atoms with Crippen LogP contribution >= 0.6 is 0 Å². The largest absolute Gasteiger partial charge is 0.330 e. The highest BCUT2D eigenvalue weighted by Crippen LogP contribution is 1.98. The fraction of sp³-hybridized carbons (Fsp3) is 0.778. The predicted molar refractivity (Wildman–Crippen MR) is 54.0 cm³/mol. The summed E-state index contributed by atoms with van der Waals surface area (Å²) in [5, 5.41) is 0. The first-order valence-electron chi connectivity index (χ1n) is 4.26. The normalized spacial score (nSPS) is 10.5. The zero-order valence-corrected chi connectivity index (χ0v) is 8.91. The standard InChI is InChI=1S/C9H19NSi/c1-11(2,3)9-7-5-4-6-8-10/h4-6,8,10H2,1-3H3. The van der Waals surface area contributed by atoms with E-state index in [0.717, 1.165) is 25.8 Å². The quantitative estimate of drug-likeness (QED) is 0.390. The first-order chi connectivity index (χ1) is 5.06. The molecule has 0 heterocycles. The van der Waals surface area contributed by atoms with Gasteiger partial charge < -0.3 is 5.73 Å². The van der Waals surface area contributed by atoms with Gasteiger partial charge in [0.15, 0.2) is 0 Å². The Labute approximate surface area is 71.4 Å². The van der Waals surface area contributed by atoms with Crippen LogP contribution < -0.4 is 5.73 Å². The van der Waals surface area contributed by atoms with Gasteiger partial charge in [-0.15, -0.1) is 11.5 Å². The first kappa shape index (κ1) is 10.7. The molecule has 0 spiro atoms. The van der Waals surface area contributed by atoms with Gasteiger partial charge in [-0.05, 0) is 19.4 Å². The molecule has 0 aromatic rings. The summed E-state index contributed by atoms with van der Waals surface area (Å²) in [6.07, 6.45) is 3.30. The molecule has 0 aliphatic heterocycles. The van der Waals surface area contributed by atoms with Crippen LogP contribution in [0.1, 0.15) is 19.3 Å². The van der Waals surface area contributed by atoms with Gasteiger partial charge in [-0.25, -0.2) is 0 Å². The van der Waals surface area contributed by atoms with E-state index in [1.807, 2.05) is 0 Å². The number of hydrogen-bond acceptors (Lipinski definition) is 1. The molecular formula is C9H19NSi. The molecule has 0 bridgehead atoms. The fourth-order valence-corrected chi connectivity index (χ4v) is 1.34. The second-order valence-electron chi connectivity index (χ2n) is 3.80. The minimum Gasteiger partial charge on any atom is -0.330 e. The van der Waals surface area contributed by atoms with Crippen molar-refractivity contribution in [3.8, 4) is 11.5 Å². The van der Waals surface area contributed by atoms with Crippen LogP contribution in [0.3, 0.4) is 0 Å². The van der Waals surface area contributed by atoms with Crippen LogP contribution in [0.2, 0.25) is 19.6 Å². The molecule has 0 amide bonds. The molecule has 0 aromatic carbocycles. The van der Waals surface area contributed by atoms with Crippen LogP contribution in [-0.2, 0) is 0 Å². The smallest absolute Gasteiger partial charge is 0.129 e. The summed E-state index contributed by atoms with van der Waals surface area (Å²) in [7, 11) is -1.11. The summed E-state index contributed by atoms with van der Waals surface area (Å²) in [6, 6.07) is 0. The van der Waals surface area contributed by atoms with Crippen molar-refractivity contribution < 1.29 is 0 Å². The number of nitrogens with two attached hydrogens (primary N) is 1. The Morgan fingerprint density at radius 3 is 2.27 bits per heavy atom. The van der Waals surface area contributed by atoms with Crippen molar-refractivity contribution in [3.63, 3.8) is 0 Å². The zero-order chi connectivity index (χ0) is 8.74. The third-order valence-electron chi connectivity index (χ3n) is 1.22. The third-order valence-corrected chi connectivity index (χ3v) is 2.15. The SMILES string of the molecule is C[Si](C)(C)C#CCCCCN. The van der Waals surface area contributed by atoms with Gasteiger partial charge in [0.1, 0.15) is 8.07 Å². The summed E-state index contributed by atoms with van der Waals surface area (Å²) in [6.45, 7) is 7.60. The fourth-order valence-electron chi connectivity index (χ4n) is 0.685. The van der Waals surface area contributed by atoms with Crippen molar-refractivity contribution in [1.29, 1.82) is 0 Å². The van der Waals surface area contributed by atoms with Crippen LogP contribution in [0, 0.1) is 11.5 Å². The Balaban J connectivity index is 3.41. The number of unbranched alkanes of at least 4 members (excludes halogenated alkanes) is 2. The van der Waals surface area contributed by atoms with Gasteiger partial charge in [-0.2, -0.15) is 0 Å². The van der Waals surface area contributed by atoms with Crippen LogP contribution in [0.25, 0.3) is 0 Å². The van der Waals surface area contributed by atoms with E-state index < -0.39 is 8.07 Å². The highest BCUT2D eigenvalue weighted by molar-refractivity contribution is 6.83. The van der Waals surface area contributed by atoms with Crippen LogP contribution in [0.4, 0.5) is 0 Å². The average Bonchev–Trinajstić information content (AvgIpc) is 1.85. The lowest BCUT2D eigenvalue weighted by Crippen LogP contribution is -2.16. The van der Waals surface area contributed by atoms with Crippen molar-refractivity contribution in [2.24, 2.45) is 5.73 Å². The van der Waals surface area contributed by atoms with Gasteiger partial charge in [-0.1, -0.05) is 19.6 Å². The molecule has 2 N–H and O–H groups in total. The summed E-state index contributed by atoms with van der Waals surface area (Å²) in [5.74, 6) is 3.22. The monoisotopic (exact) mass is 169 g/mol. The second-order valence-corrected chi connectivity index (χ2v) is 8.55. The summed E-state index contributed by atoms with van der Waals surface area (Å²) in [5.41, 5.74) is 8.69. The van der Waals surface area contributed by atoms with Crippen LogP contribution in [-0.4, -0.2) is 14.6 Å². The molecule has 0 aliphatic carbocycles. The molecule has 0 aliphatic rings. The Kier molecular flexibility index (Phi) is 5.27. The Hall–Kier alpha value is -0.263. The van der Waals surface area contributed by atoms with E-state index in [0.29, 0.717) is 0 Å². The Morgan fingerprint density at radius 2 is 1.82 bits per heavy atom. The predicted octanol–water partition coefficient (Wildman–Crippen LogP) is 2.00. The van der Waals surface area contributed by atoms with Crippen molar-refractivity contribution in [2.75, 3.05) is 6.54 Å². The first-order valence-corrected chi connectivity index (χ1v) is 7.76. The van der Waals surface area contributed by atoms with E-state index in [1.54, 1.807) is 0 Å². The lowest BCUT2D eigenvalue weighted by atomic mass is 10.2. The van der Waals surface area contributed by atoms with Gasteiger partial charge >= 0.3 is 0 Å². The van der Waals surface area contributed by atoms with Gasteiger partial charge in [0.05, 0.1) is 0 Å². The molecule has 11 heavy (non-hydrogen) atoms. The molecule has 0 rings (SSSR count). The van der Waals surface area contributed by atoms with E-state index in [2.05, 4.69) is 31.1 Å². The maximum atomic E-state index is 5.36. The van der Waals surface area contributed by atoms with Gasteiger partial charge in [0.25, 0.3) is 0 Å². The molecule has 0 fully saturated rings. The van der Waals surface area contributed by atoms with E-state index in [-0.39, 0.29) is 0 Å². The molecule has 64 valence electrons. The van der Waals surface area contributed by atoms with Crippen molar-refractivity contribution in [2.45, 2.75) is 38.9 Å². The Bertz CT molecular complexity index is 147. The molecule has 0 radical (unpaired) electrons. The molecular weight excluding hydrogens is 150 g/mol. The summed E-state index contributed by atoms with van der Waals surface area (Å²) in [4.78, 5) is 0. The maximum absolute atomic E-state index is 5.36. The molecule has 0 saturated carbocycles. The highest BCUT2D eigenvalue weighted by Gasteiger charge is 2.06. The van der Waals surface area contributed by atoms with E-state index >= 15 is 0 Å². The molecule has 0 aromatic heterocycles. The van der Waals surface area contributed by atoms with Crippen molar-refractivity contribution >= 4 is 8.07 Å². The van der Waals surface area contributed by atoms with Gasteiger partial charge in [0.2, 0.25) is 0 Å². The van der Waals surface area contributed by atoms with E-state index in [4.69, 9.17) is 5.73 Å². The minimum atomic E-state index is -1.11. The van der Waals surface area contributed by atoms with E-state index in [9.17, 15) is 0 Å².